The molecule has 3 rings (SSSR count). The number of benzene rings is 1. The van der Waals surface area contributed by atoms with Crippen molar-refractivity contribution in [1.82, 2.24) is 0 Å². The minimum atomic E-state index is -0.468. The Morgan fingerprint density at radius 1 is 1.35 bits per heavy atom. The van der Waals surface area contributed by atoms with Crippen LogP contribution < -0.4 is 0 Å². The zero-order valence-corrected chi connectivity index (χ0v) is 13.8. The van der Waals surface area contributed by atoms with Crippen molar-refractivity contribution < 1.29 is 9.84 Å². The Kier molecular flexibility index (Phi) is 4.42. The van der Waals surface area contributed by atoms with Gasteiger partial charge >= 0.3 is 0 Å². The predicted molar refractivity (Wildman–Crippen MR) is 84.0 cm³/mol. The Hall–Kier alpha value is -0.0900. The molecule has 1 aromatic carbocycles. The SMILES string of the molecule is OC(c1cc(Cl)ccc1Br)C1CCOC2(CCCC2)C1. The molecule has 1 saturated carbocycles. The molecule has 2 fully saturated rings. The molecule has 2 atom stereocenters. The van der Waals surface area contributed by atoms with E-state index in [9.17, 15) is 5.11 Å². The first kappa shape index (κ1) is 14.8. The van der Waals surface area contributed by atoms with Crippen molar-refractivity contribution in [3.8, 4) is 0 Å². The first-order valence-corrected chi connectivity index (χ1v) is 8.54. The third kappa shape index (κ3) is 2.92. The van der Waals surface area contributed by atoms with Gasteiger partial charge in [0.1, 0.15) is 0 Å². The van der Waals surface area contributed by atoms with Crippen LogP contribution >= 0.6 is 27.5 Å². The number of ether oxygens (including phenoxy) is 1. The van der Waals surface area contributed by atoms with E-state index in [2.05, 4.69) is 15.9 Å². The van der Waals surface area contributed by atoms with E-state index >= 15 is 0 Å². The third-order valence-corrected chi connectivity index (χ3v) is 5.73. The minimum Gasteiger partial charge on any atom is -0.388 e. The van der Waals surface area contributed by atoms with Crippen LogP contribution in [0, 0.1) is 5.92 Å². The Balaban J connectivity index is 1.79. The van der Waals surface area contributed by atoms with Crippen LogP contribution in [-0.2, 0) is 4.74 Å². The summed E-state index contributed by atoms with van der Waals surface area (Å²) in [5, 5.41) is 11.4. The van der Waals surface area contributed by atoms with Crippen molar-refractivity contribution in [2.45, 2.75) is 50.2 Å². The molecule has 0 amide bonds. The molecular formula is C16H20BrClO2. The molecular weight excluding hydrogens is 340 g/mol. The van der Waals surface area contributed by atoms with Crippen molar-refractivity contribution in [2.75, 3.05) is 6.61 Å². The second-order valence-electron chi connectivity index (χ2n) is 6.10. The lowest BCUT2D eigenvalue weighted by Gasteiger charge is -2.40. The van der Waals surface area contributed by atoms with Crippen LogP contribution in [0.3, 0.4) is 0 Å². The molecule has 1 N–H and O–H groups in total. The van der Waals surface area contributed by atoms with Gasteiger partial charge in [-0.2, -0.15) is 0 Å². The number of hydrogen-bond donors (Lipinski definition) is 1. The predicted octanol–water partition coefficient (Wildman–Crippen LogP) is 4.88. The summed E-state index contributed by atoms with van der Waals surface area (Å²) in [5.41, 5.74) is 0.937. The lowest BCUT2D eigenvalue weighted by atomic mass is 9.80. The summed E-state index contributed by atoms with van der Waals surface area (Å²) < 4.78 is 6.98. The van der Waals surface area contributed by atoms with Crippen LogP contribution in [0.4, 0.5) is 0 Å². The van der Waals surface area contributed by atoms with Gasteiger partial charge in [-0.3, -0.25) is 0 Å². The zero-order valence-electron chi connectivity index (χ0n) is 11.4. The van der Waals surface area contributed by atoms with Crippen molar-refractivity contribution in [3.05, 3.63) is 33.3 Å². The zero-order chi connectivity index (χ0) is 14.2. The number of halogens is 2. The monoisotopic (exact) mass is 358 g/mol. The highest BCUT2D eigenvalue weighted by molar-refractivity contribution is 9.10. The average Bonchev–Trinajstić information content (AvgIpc) is 2.88. The fourth-order valence-electron chi connectivity index (χ4n) is 3.70. The quantitative estimate of drug-likeness (QED) is 0.816. The molecule has 0 radical (unpaired) electrons. The van der Waals surface area contributed by atoms with Gasteiger partial charge < -0.3 is 9.84 Å². The summed E-state index contributed by atoms with van der Waals surface area (Å²) in [6.45, 7) is 0.764. The summed E-state index contributed by atoms with van der Waals surface area (Å²) in [4.78, 5) is 0. The van der Waals surface area contributed by atoms with Crippen LogP contribution in [0.2, 0.25) is 5.02 Å². The van der Waals surface area contributed by atoms with Gasteiger partial charge in [0.05, 0.1) is 11.7 Å². The van der Waals surface area contributed by atoms with Crippen LogP contribution in [-0.4, -0.2) is 17.3 Å². The molecule has 1 saturated heterocycles. The highest BCUT2D eigenvalue weighted by atomic mass is 79.9. The highest BCUT2D eigenvalue weighted by Gasteiger charge is 2.42. The van der Waals surface area contributed by atoms with Gasteiger partial charge in [-0.25, -0.2) is 0 Å². The second-order valence-corrected chi connectivity index (χ2v) is 7.39. The Morgan fingerprint density at radius 2 is 2.10 bits per heavy atom. The van der Waals surface area contributed by atoms with Gasteiger partial charge in [-0.05, 0) is 55.4 Å². The molecule has 1 aromatic rings. The summed E-state index contributed by atoms with van der Waals surface area (Å²) in [6.07, 6.45) is 6.21. The molecule has 1 aliphatic heterocycles. The molecule has 1 aliphatic carbocycles. The van der Waals surface area contributed by atoms with E-state index in [4.69, 9.17) is 16.3 Å². The van der Waals surface area contributed by atoms with Gasteiger partial charge in [0, 0.05) is 16.1 Å². The number of hydrogen-bond acceptors (Lipinski definition) is 2. The fourth-order valence-corrected chi connectivity index (χ4v) is 4.36. The van der Waals surface area contributed by atoms with Crippen molar-refractivity contribution in [2.24, 2.45) is 5.92 Å². The molecule has 2 nitrogen and oxygen atoms in total. The lowest BCUT2D eigenvalue weighted by molar-refractivity contribution is -0.113. The van der Waals surface area contributed by atoms with E-state index in [1.807, 2.05) is 18.2 Å². The largest absolute Gasteiger partial charge is 0.388 e. The summed E-state index contributed by atoms with van der Waals surface area (Å²) in [6, 6.07) is 5.61. The first-order valence-electron chi connectivity index (χ1n) is 7.37. The molecule has 4 heteroatoms. The van der Waals surface area contributed by atoms with Crippen molar-refractivity contribution in [1.29, 1.82) is 0 Å². The van der Waals surface area contributed by atoms with Crippen LogP contribution in [0.15, 0.2) is 22.7 Å². The summed E-state index contributed by atoms with van der Waals surface area (Å²) in [5.74, 6) is 0.261. The molecule has 1 heterocycles. The van der Waals surface area contributed by atoms with Crippen LogP contribution in [0.5, 0.6) is 0 Å². The average molecular weight is 360 g/mol. The Bertz CT molecular complexity index is 485. The number of aliphatic hydroxyl groups is 1. The normalized spacial score (nSPS) is 26.9. The van der Waals surface area contributed by atoms with Gasteiger partial charge in [0.2, 0.25) is 0 Å². The Labute approximate surface area is 133 Å². The first-order chi connectivity index (χ1) is 9.60. The molecule has 20 heavy (non-hydrogen) atoms. The van der Waals surface area contributed by atoms with E-state index in [0.717, 1.165) is 42.3 Å². The standard InChI is InChI=1S/C16H20BrClO2/c17-14-4-3-12(18)9-13(14)15(19)11-5-8-20-16(10-11)6-1-2-7-16/h3-4,9,11,15,19H,1-2,5-8,10H2. The fraction of sp³-hybridized carbons (Fsp3) is 0.625. The van der Waals surface area contributed by atoms with Gasteiger partial charge in [-0.1, -0.05) is 40.4 Å². The third-order valence-electron chi connectivity index (χ3n) is 4.77. The van der Waals surface area contributed by atoms with E-state index in [1.165, 1.54) is 12.8 Å². The molecule has 2 aliphatic rings. The van der Waals surface area contributed by atoms with E-state index in [0.29, 0.717) is 5.02 Å². The number of aliphatic hydroxyl groups excluding tert-OH is 1. The van der Waals surface area contributed by atoms with Gasteiger partial charge in [0.25, 0.3) is 0 Å². The molecule has 0 bridgehead atoms. The molecule has 1 spiro atoms. The molecule has 2 unspecified atom stereocenters. The van der Waals surface area contributed by atoms with Crippen LogP contribution in [0.25, 0.3) is 0 Å². The second kappa shape index (κ2) is 5.96. The summed E-state index contributed by atoms with van der Waals surface area (Å²) >= 11 is 9.59. The van der Waals surface area contributed by atoms with Gasteiger partial charge in [-0.15, -0.1) is 0 Å². The maximum absolute atomic E-state index is 10.8. The van der Waals surface area contributed by atoms with Crippen molar-refractivity contribution >= 4 is 27.5 Å². The van der Waals surface area contributed by atoms with Crippen LogP contribution in [0.1, 0.15) is 50.2 Å². The Morgan fingerprint density at radius 3 is 2.85 bits per heavy atom. The smallest absolute Gasteiger partial charge is 0.0831 e. The van der Waals surface area contributed by atoms with Crippen molar-refractivity contribution in [3.63, 3.8) is 0 Å². The lowest BCUT2D eigenvalue weighted by Crippen LogP contribution is -2.39. The topological polar surface area (TPSA) is 29.5 Å². The molecule has 110 valence electrons. The van der Waals surface area contributed by atoms with E-state index in [1.54, 1.807) is 0 Å². The van der Waals surface area contributed by atoms with Gasteiger partial charge in [0.15, 0.2) is 0 Å². The number of rotatable bonds is 2. The maximum atomic E-state index is 10.8. The summed E-state index contributed by atoms with van der Waals surface area (Å²) in [7, 11) is 0. The van der Waals surface area contributed by atoms with E-state index in [-0.39, 0.29) is 11.5 Å². The molecule has 0 aromatic heterocycles. The van der Waals surface area contributed by atoms with E-state index < -0.39 is 6.10 Å². The minimum absolute atomic E-state index is 0.0367. The maximum Gasteiger partial charge on any atom is 0.0831 e. The highest BCUT2D eigenvalue weighted by Crippen LogP contribution is 2.46.